The second-order valence-corrected chi connectivity index (χ2v) is 5.40. The zero-order valence-electron chi connectivity index (χ0n) is 13.4. The van der Waals surface area contributed by atoms with Gasteiger partial charge in [0.05, 0.1) is 24.2 Å². The van der Waals surface area contributed by atoms with Gasteiger partial charge in [-0.1, -0.05) is 6.07 Å². The van der Waals surface area contributed by atoms with Crippen LogP contribution in [0.25, 0.3) is 0 Å². The minimum atomic E-state index is -4.56. The number of alkyl halides is 3. The Kier molecular flexibility index (Phi) is 5.15. The highest BCUT2D eigenvalue weighted by molar-refractivity contribution is 6.06. The largest absolute Gasteiger partial charge is 0.466 e. The van der Waals surface area contributed by atoms with E-state index >= 15 is 0 Å². The number of methoxy groups -OCH3 is 1. The minimum absolute atomic E-state index is 0.0356. The summed E-state index contributed by atoms with van der Waals surface area (Å²) in [5.74, 6) is -3.19. The Morgan fingerprint density at radius 2 is 2.00 bits per heavy atom. The second kappa shape index (κ2) is 6.96. The SMILES string of the molecule is COC(=O)C1=C(C)NC(=O)CC1C(=O)Nc1cccc(C(F)(F)F)c1. The molecule has 6 nitrogen and oxygen atoms in total. The fourth-order valence-corrected chi connectivity index (χ4v) is 2.51. The molecule has 0 spiro atoms. The molecule has 1 unspecified atom stereocenters. The van der Waals surface area contributed by atoms with Gasteiger partial charge < -0.3 is 15.4 Å². The van der Waals surface area contributed by atoms with Crippen molar-refractivity contribution in [2.75, 3.05) is 12.4 Å². The third-order valence-corrected chi connectivity index (χ3v) is 3.65. The molecule has 25 heavy (non-hydrogen) atoms. The van der Waals surface area contributed by atoms with Crippen molar-refractivity contribution in [3.05, 3.63) is 41.1 Å². The van der Waals surface area contributed by atoms with Gasteiger partial charge in [-0.05, 0) is 25.1 Å². The molecular formula is C16H15F3N2O4. The van der Waals surface area contributed by atoms with Crippen molar-refractivity contribution in [2.24, 2.45) is 5.92 Å². The van der Waals surface area contributed by atoms with Crippen LogP contribution in [0.1, 0.15) is 18.9 Å². The summed E-state index contributed by atoms with van der Waals surface area (Å²) in [6.45, 7) is 1.44. The van der Waals surface area contributed by atoms with Crippen LogP contribution in [0.15, 0.2) is 35.5 Å². The zero-order valence-corrected chi connectivity index (χ0v) is 13.4. The summed E-state index contributed by atoms with van der Waals surface area (Å²) in [4.78, 5) is 36.0. The first kappa shape index (κ1) is 18.5. The number of amides is 2. The molecule has 1 aromatic carbocycles. The first-order valence-corrected chi connectivity index (χ1v) is 7.20. The number of allylic oxidation sites excluding steroid dienone is 1. The molecule has 0 saturated carbocycles. The molecule has 0 aromatic heterocycles. The van der Waals surface area contributed by atoms with Crippen molar-refractivity contribution >= 4 is 23.5 Å². The monoisotopic (exact) mass is 356 g/mol. The van der Waals surface area contributed by atoms with Crippen LogP contribution < -0.4 is 10.6 Å². The van der Waals surface area contributed by atoms with Gasteiger partial charge in [0, 0.05) is 17.8 Å². The van der Waals surface area contributed by atoms with Crippen LogP contribution in [0.4, 0.5) is 18.9 Å². The van der Waals surface area contributed by atoms with Gasteiger partial charge in [0.1, 0.15) is 0 Å². The molecule has 1 aliphatic heterocycles. The molecule has 2 rings (SSSR count). The van der Waals surface area contributed by atoms with Crippen molar-refractivity contribution < 1.29 is 32.3 Å². The van der Waals surface area contributed by atoms with E-state index in [1.807, 2.05) is 0 Å². The molecule has 1 aromatic rings. The molecule has 0 bridgehead atoms. The number of nitrogens with one attached hydrogen (secondary N) is 2. The fourth-order valence-electron chi connectivity index (χ4n) is 2.51. The molecule has 2 amide bonds. The average molecular weight is 356 g/mol. The maximum Gasteiger partial charge on any atom is 0.416 e. The predicted molar refractivity (Wildman–Crippen MR) is 81.0 cm³/mol. The van der Waals surface area contributed by atoms with Gasteiger partial charge >= 0.3 is 12.1 Å². The van der Waals surface area contributed by atoms with E-state index in [0.717, 1.165) is 25.3 Å². The molecule has 1 atom stereocenters. The Bertz CT molecular complexity index is 756. The lowest BCUT2D eigenvalue weighted by atomic mass is 9.89. The lowest BCUT2D eigenvalue weighted by Gasteiger charge is -2.25. The number of esters is 1. The van der Waals surface area contributed by atoms with Crippen LogP contribution in [-0.2, 0) is 25.3 Å². The summed E-state index contributed by atoms with van der Waals surface area (Å²) in [5, 5.41) is 4.75. The third-order valence-electron chi connectivity index (χ3n) is 3.65. The highest BCUT2D eigenvalue weighted by Gasteiger charge is 2.36. The number of anilines is 1. The van der Waals surface area contributed by atoms with Crippen molar-refractivity contribution in [1.82, 2.24) is 5.32 Å². The quantitative estimate of drug-likeness (QED) is 0.814. The Hall–Kier alpha value is -2.84. The van der Waals surface area contributed by atoms with Crippen molar-refractivity contribution in [2.45, 2.75) is 19.5 Å². The van der Waals surface area contributed by atoms with Crippen LogP contribution >= 0.6 is 0 Å². The molecule has 1 aliphatic rings. The Balaban J connectivity index is 2.29. The average Bonchev–Trinajstić information content (AvgIpc) is 2.53. The number of hydrogen-bond acceptors (Lipinski definition) is 4. The molecule has 0 fully saturated rings. The Labute approximate surface area is 141 Å². The maximum atomic E-state index is 12.7. The minimum Gasteiger partial charge on any atom is -0.466 e. The van der Waals surface area contributed by atoms with E-state index in [2.05, 4.69) is 15.4 Å². The number of carbonyl (C=O) groups excluding carboxylic acids is 3. The van der Waals surface area contributed by atoms with Crippen molar-refractivity contribution in [1.29, 1.82) is 0 Å². The summed E-state index contributed by atoms with van der Waals surface area (Å²) in [5.41, 5.74) is -0.877. The number of halogens is 3. The Morgan fingerprint density at radius 3 is 2.60 bits per heavy atom. The summed E-state index contributed by atoms with van der Waals surface area (Å²) < 4.78 is 42.8. The van der Waals surface area contributed by atoms with Gasteiger partial charge in [-0.25, -0.2) is 4.79 Å². The van der Waals surface area contributed by atoms with E-state index in [1.165, 1.54) is 13.0 Å². The van der Waals surface area contributed by atoms with Gasteiger partial charge in [0.15, 0.2) is 0 Å². The highest BCUT2D eigenvalue weighted by Crippen LogP contribution is 2.31. The smallest absolute Gasteiger partial charge is 0.416 e. The van der Waals surface area contributed by atoms with Crippen LogP contribution in [0.2, 0.25) is 0 Å². The fraction of sp³-hybridized carbons (Fsp3) is 0.312. The predicted octanol–water partition coefficient (Wildman–Crippen LogP) is 2.23. The van der Waals surface area contributed by atoms with E-state index in [-0.39, 0.29) is 23.4 Å². The lowest BCUT2D eigenvalue weighted by molar-refractivity contribution is -0.139. The Morgan fingerprint density at radius 1 is 1.32 bits per heavy atom. The number of hydrogen-bond donors (Lipinski definition) is 2. The molecule has 0 radical (unpaired) electrons. The summed E-state index contributed by atoms with van der Waals surface area (Å²) >= 11 is 0. The molecule has 2 N–H and O–H groups in total. The molecular weight excluding hydrogens is 341 g/mol. The van der Waals surface area contributed by atoms with Gasteiger partial charge in [-0.15, -0.1) is 0 Å². The maximum absolute atomic E-state index is 12.7. The number of carbonyl (C=O) groups is 3. The van der Waals surface area contributed by atoms with Gasteiger partial charge in [-0.2, -0.15) is 13.2 Å². The lowest BCUT2D eigenvalue weighted by Crippen LogP contribution is -2.40. The van der Waals surface area contributed by atoms with Crippen LogP contribution in [0.3, 0.4) is 0 Å². The molecule has 134 valence electrons. The molecule has 0 saturated heterocycles. The van der Waals surface area contributed by atoms with E-state index < -0.39 is 35.4 Å². The van der Waals surface area contributed by atoms with Gasteiger partial charge in [-0.3, -0.25) is 9.59 Å². The van der Waals surface area contributed by atoms with Crippen molar-refractivity contribution in [3.8, 4) is 0 Å². The highest BCUT2D eigenvalue weighted by atomic mass is 19.4. The first-order chi connectivity index (χ1) is 11.6. The van der Waals surface area contributed by atoms with Crippen LogP contribution in [-0.4, -0.2) is 24.9 Å². The number of benzene rings is 1. The van der Waals surface area contributed by atoms with E-state index in [9.17, 15) is 27.6 Å². The molecule has 9 heteroatoms. The van der Waals surface area contributed by atoms with Gasteiger partial charge in [0.25, 0.3) is 0 Å². The number of ether oxygens (including phenoxy) is 1. The molecule has 0 aliphatic carbocycles. The van der Waals surface area contributed by atoms with Crippen LogP contribution in [0.5, 0.6) is 0 Å². The standard InChI is InChI=1S/C16H15F3N2O4/c1-8-13(15(24)25-2)11(7-12(22)20-8)14(23)21-10-5-3-4-9(6-10)16(17,18)19/h3-6,11H,7H2,1-2H3,(H,20,22)(H,21,23). The van der Waals surface area contributed by atoms with E-state index in [0.29, 0.717) is 0 Å². The van der Waals surface area contributed by atoms with Gasteiger partial charge in [0.2, 0.25) is 11.8 Å². The van der Waals surface area contributed by atoms with Crippen molar-refractivity contribution in [3.63, 3.8) is 0 Å². The third kappa shape index (κ3) is 4.17. The zero-order chi connectivity index (χ0) is 18.8. The summed E-state index contributed by atoms with van der Waals surface area (Å²) in [6, 6.07) is 4.07. The topological polar surface area (TPSA) is 84.5 Å². The van der Waals surface area contributed by atoms with Crippen LogP contribution in [0, 0.1) is 5.92 Å². The normalized spacial score (nSPS) is 17.8. The summed E-state index contributed by atoms with van der Waals surface area (Å²) in [7, 11) is 1.13. The van der Waals surface area contributed by atoms with E-state index in [1.54, 1.807) is 0 Å². The van der Waals surface area contributed by atoms with E-state index in [4.69, 9.17) is 0 Å². The number of rotatable bonds is 3. The molecule has 1 heterocycles. The summed E-state index contributed by atoms with van der Waals surface area (Å²) in [6.07, 6.45) is -4.87. The second-order valence-electron chi connectivity index (χ2n) is 5.40. The first-order valence-electron chi connectivity index (χ1n) is 7.20.